The average Bonchev–Trinajstić information content (AvgIpc) is 2.20. The van der Waals surface area contributed by atoms with Crippen molar-refractivity contribution in [3.05, 3.63) is 0 Å². The lowest BCUT2D eigenvalue weighted by Gasteiger charge is -2.20. The van der Waals surface area contributed by atoms with E-state index in [1.165, 1.54) is 39.2 Å². The SMILES string of the molecule is CCOC(=O)CC1CCCCC1.COO. The quantitative estimate of drug-likeness (QED) is 0.449. The molecule has 0 bridgehead atoms. The molecule has 1 aliphatic carbocycles. The molecule has 0 saturated heterocycles. The van der Waals surface area contributed by atoms with E-state index in [4.69, 9.17) is 9.99 Å². The van der Waals surface area contributed by atoms with Gasteiger partial charge in [0.15, 0.2) is 0 Å². The van der Waals surface area contributed by atoms with Crippen molar-refractivity contribution in [2.75, 3.05) is 13.7 Å². The molecule has 0 aromatic rings. The molecule has 0 aliphatic heterocycles. The standard InChI is InChI=1S/C10H18O2.CH4O2/c1-2-12-10(11)8-9-6-4-3-5-7-9;1-3-2/h9H,2-8H2,1H3;2H,1H3. The van der Waals surface area contributed by atoms with Crippen LogP contribution in [0.15, 0.2) is 0 Å². The smallest absolute Gasteiger partial charge is 0.306 e. The molecule has 0 amide bonds. The van der Waals surface area contributed by atoms with Gasteiger partial charge >= 0.3 is 5.97 Å². The summed E-state index contributed by atoms with van der Waals surface area (Å²) in [5.41, 5.74) is 0. The first-order valence-corrected chi connectivity index (χ1v) is 5.57. The van der Waals surface area contributed by atoms with Crippen LogP contribution in [0.2, 0.25) is 0 Å². The van der Waals surface area contributed by atoms with E-state index in [-0.39, 0.29) is 5.97 Å². The number of carbonyl (C=O) groups excluding carboxylic acids is 1. The maximum absolute atomic E-state index is 11.1. The molecule has 1 rings (SSSR count). The highest BCUT2D eigenvalue weighted by molar-refractivity contribution is 5.69. The highest BCUT2D eigenvalue weighted by Gasteiger charge is 2.17. The highest BCUT2D eigenvalue weighted by Crippen LogP contribution is 2.26. The van der Waals surface area contributed by atoms with Gasteiger partial charge in [0.2, 0.25) is 0 Å². The summed E-state index contributed by atoms with van der Waals surface area (Å²) in [4.78, 5) is 14.3. The summed E-state index contributed by atoms with van der Waals surface area (Å²) in [5, 5.41) is 7.07. The first kappa shape index (κ1) is 14.4. The van der Waals surface area contributed by atoms with Gasteiger partial charge in [0, 0.05) is 6.42 Å². The van der Waals surface area contributed by atoms with Gasteiger partial charge in [-0.05, 0) is 25.7 Å². The van der Waals surface area contributed by atoms with Crippen molar-refractivity contribution in [2.24, 2.45) is 5.92 Å². The molecule has 0 unspecified atom stereocenters. The predicted molar refractivity (Wildman–Crippen MR) is 57.5 cm³/mol. The van der Waals surface area contributed by atoms with Crippen LogP contribution in [0.25, 0.3) is 0 Å². The number of carbonyl (C=O) groups is 1. The maximum Gasteiger partial charge on any atom is 0.306 e. The van der Waals surface area contributed by atoms with E-state index in [0.29, 0.717) is 18.9 Å². The number of hydrogen-bond donors (Lipinski definition) is 1. The summed E-state index contributed by atoms with van der Waals surface area (Å²) in [7, 11) is 1.18. The molecule has 1 saturated carbocycles. The molecule has 90 valence electrons. The summed E-state index contributed by atoms with van der Waals surface area (Å²) < 4.78 is 4.91. The molecule has 0 aromatic heterocycles. The molecule has 1 fully saturated rings. The van der Waals surface area contributed by atoms with E-state index in [9.17, 15) is 4.79 Å². The van der Waals surface area contributed by atoms with Crippen LogP contribution >= 0.6 is 0 Å². The molecule has 4 heteroatoms. The van der Waals surface area contributed by atoms with E-state index in [2.05, 4.69) is 4.89 Å². The Bertz CT molecular complexity index is 153. The van der Waals surface area contributed by atoms with Crippen molar-refractivity contribution >= 4 is 5.97 Å². The van der Waals surface area contributed by atoms with Crippen molar-refractivity contribution in [1.29, 1.82) is 0 Å². The molecule has 0 spiro atoms. The number of rotatable bonds is 3. The summed E-state index contributed by atoms with van der Waals surface area (Å²) in [6.07, 6.45) is 7.03. The zero-order valence-corrected chi connectivity index (χ0v) is 9.70. The summed E-state index contributed by atoms with van der Waals surface area (Å²) in [6.45, 7) is 2.38. The van der Waals surface area contributed by atoms with Crippen LogP contribution in [-0.2, 0) is 14.4 Å². The van der Waals surface area contributed by atoms with Crippen molar-refractivity contribution in [3.63, 3.8) is 0 Å². The van der Waals surface area contributed by atoms with Crippen molar-refractivity contribution < 1.29 is 19.7 Å². The second kappa shape index (κ2) is 9.93. The van der Waals surface area contributed by atoms with Crippen LogP contribution in [0.3, 0.4) is 0 Å². The summed E-state index contributed by atoms with van der Waals surface area (Å²) in [5.74, 6) is 0.599. The second-order valence-corrected chi connectivity index (χ2v) is 3.70. The Kier molecular flexibility index (Phi) is 9.52. The zero-order chi connectivity index (χ0) is 11.5. The van der Waals surface area contributed by atoms with Crippen LogP contribution in [0, 0.1) is 5.92 Å². The second-order valence-electron chi connectivity index (χ2n) is 3.70. The van der Waals surface area contributed by atoms with Gasteiger partial charge in [-0.1, -0.05) is 19.3 Å². The maximum atomic E-state index is 11.1. The lowest BCUT2D eigenvalue weighted by Crippen LogP contribution is -2.14. The molecule has 1 N–H and O–H groups in total. The van der Waals surface area contributed by atoms with Gasteiger partial charge < -0.3 is 4.74 Å². The fourth-order valence-corrected chi connectivity index (χ4v) is 1.85. The molecule has 0 radical (unpaired) electrons. The molecular weight excluding hydrogens is 196 g/mol. The zero-order valence-electron chi connectivity index (χ0n) is 9.70. The molecule has 0 aromatic carbocycles. The van der Waals surface area contributed by atoms with Crippen LogP contribution in [-0.4, -0.2) is 24.9 Å². The normalized spacial score (nSPS) is 16.5. The lowest BCUT2D eigenvalue weighted by atomic mass is 9.87. The Morgan fingerprint density at radius 2 is 1.87 bits per heavy atom. The van der Waals surface area contributed by atoms with E-state index < -0.39 is 0 Å². The van der Waals surface area contributed by atoms with Gasteiger partial charge in [0.25, 0.3) is 0 Å². The Balaban J connectivity index is 0.000000583. The van der Waals surface area contributed by atoms with Crippen molar-refractivity contribution in [2.45, 2.75) is 45.4 Å². The van der Waals surface area contributed by atoms with E-state index in [0.717, 1.165) is 0 Å². The summed E-state index contributed by atoms with van der Waals surface area (Å²) in [6, 6.07) is 0. The number of ether oxygens (including phenoxy) is 1. The lowest BCUT2D eigenvalue weighted by molar-refractivity contribution is -0.214. The first-order valence-electron chi connectivity index (χ1n) is 5.57. The molecular formula is C11H22O4. The number of esters is 1. The van der Waals surface area contributed by atoms with Crippen LogP contribution in [0.4, 0.5) is 0 Å². The average molecular weight is 218 g/mol. The molecule has 15 heavy (non-hydrogen) atoms. The van der Waals surface area contributed by atoms with Crippen LogP contribution in [0.5, 0.6) is 0 Å². The van der Waals surface area contributed by atoms with Crippen LogP contribution in [0.1, 0.15) is 45.4 Å². The Hall–Kier alpha value is -0.610. The largest absolute Gasteiger partial charge is 0.466 e. The fraction of sp³-hybridized carbons (Fsp3) is 0.909. The Morgan fingerprint density at radius 1 is 1.33 bits per heavy atom. The van der Waals surface area contributed by atoms with E-state index in [1.54, 1.807) is 0 Å². The van der Waals surface area contributed by atoms with Crippen LogP contribution < -0.4 is 0 Å². The monoisotopic (exact) mass is 218 g/mol. The van der Waals surface area contributed by atoms with Crippen molar-refractivity contribution in [3.8, 4) is 0 Å². The number of hydrogen-bond acceptors (Lipinski definition) is 4. The third-order valence-corrected chi connectivity index (χ3v) is 2.49. The van der Waals surface area contributed by atoms with Gasteiger partial charge in [0.1, 0.15) is 0 Å². The first-order chi connectivity index (χ1) is 7.24. The van der Waals surface area contributed by atoms with E-state index >= 15 is 0 Å². The Morgan fingerprint density at radius 3 is 2.33 bits per heavy atom. The van der Waals surface area contributed by atoms with Gasteiger partial charge in [0.05, 0.1) is 13.7 Å². The minimum atomic E-state index is -0.00981. The third-order valence-electron chi connectivity index (χ3n) is 2.49. The third kappa shape index (κ3) is 8.39. The fourth-order valence-electron chi connectivity index (χ4n) is 1.85. The van der Waals surface area contributed by atoms with Gasteiger partial charge in [-0.2, -0.15) is 0 Å². The van der Waals surface area contributed by atoms with Gasteiger partial charge in [-0.15, -0.1) is 0 Å². The van der Waals surface area contributed by atoms with Crippen molar-refractivity contribution in [1.82, 2.24) is 0 Å². The van der Waals surface area contributed by atoms with Gasteiger partial charge in [-0.25, -0.2) is 4.89 Å². The molecule has 4 nitrogen and oxygen atoms in total. The summed E-state index contributed by atoms with van der Waals surface area (Å²) >= 11 is 0. The minimum Gasteiger partial charge on any atom is -0.466 e. The minimum absolute atomic E-state index is 0.00981. The molecule has 0 atom stereocenters. The van der Waals surface area contributed by atoms with E-state index in [1.807, 2.05) is 6.92 Å². The molecule has 0 heterocycles. The topological polar surface area (TPSA) is 55.8 Å². The molecule has 1 aliphatic rings. The highest BCUT2D eigenvalue weighted by atomic mass is 17.1. The predicted octanol–water partition coefficient (Wildman–Crippen LogP) is 2.63. The van der Waals surface area contributed by atoms with Gasteiger partial charge in [-0.3, -0.25) is 10.1 Å². The Labute approximate surface area is 91.5 Å².